The molecule has 6 atom stereocenters. The van der Waals surface area contributed by atoms with Crippen LogP contribution in [0.2, 0.25) is 0 Å². The number of esters is 1. The molecular formula is C52H70N8O9. The predicted octanol–water partition coefficient (Wildman–Crippen LogP) is 4.72. The first-order chi connectivity index (χ1) is 32.9. The summed E-state index contributed by atoms with van der Waals surface area (Å²) in [4.78, 5) is 79.7. The highest BCUT2D eigenvalue weighted by atomic mass is 16.5. The predicted molar refractivity (Wildman–Crippen MR) is 262 cm³/mol. The van der Waals surface area contributed by atoms with Crippen LogP contribution < -0.4 is 10.7 Å². The highest BCUT2D eigenvalue weighted by Gasteiger charge is 2.43. The van der Waals surface area contributed by atoms with Gasteiger partial charge >= 0.3 is 5.97 Å². The summed E-state index contributed by atoms with van der Waals surface area (Å²) in [5, 5.41) is 16.7. The Labute approximate surface area is 405 Å². The van der Waals surface area contributed by atoms with E-state index in [4.69, 9.17) is 19.2 Å². The number of fused-ring (bicyclic) bond motifs is 6. The number of amides is 4. The molecule has 372 valence electrons. The highest BCUT2D eigenvalue weighted by molar-refractivity contribution is 5.96. The molecule has 4 amide bonds. The first kappa shape index (κ1) is 51.0. The maximum Gasteiger partial charge on any atom is 0.324 e. The first-order valence-electron chi connectivity index (χ1n) is 24.1. The molecule has 6 bridgehead atoms. The van der Waals surface area contributed by atoms with E-state index in [-0.39, 0.29) is 55.8 Å². The van der Waals surface area contributed by atoms with Gasteiger partial charge in [0.25, 0.3) is 5.91 Å². The number of hydrazine groups is 1. The van der Waals surface area contributed by atoms with Crippen molar-refractivity contribution in [1.29, 1.82) is 0 Å². The molecule has 0 saturated carbocycles. The molecule has 2 aromatic heterocycles. The maximum atomic E-state index is 14.7. The van der Waals surface area contributed by atoms with Crippen LogP contribution >= 0.6 is 0 Å². The van der Waals surface area contributed by atoms with Crippen molar-refractivity contribution in [1.82, 2.24) is 40.0 Å². The lowest BCUT2D eigenvalue weighted by Crippen LogP contribution is -2.62. The summed E-state index contributed by atoms with van der Waals surface area (Å²) >= 11 is 0. The van der Waals surface area contributed by atoms with E-state index < -0.39 is 47.2 Å². The summed E-state index contributed by atoms with van der Waals surface area (Å²) in [5.41, 5.74) is 9.47. The topological polar surface area (TPSA) is 188 Å². The van der Waals surface area contributed by atoms with E-state index in [0.717, 1.165) is 39.0 Å². The molecule has 5 heterocycles. The third-order valence-corrected chi connectivity index (χ3v) is 13.7. The van der Waals surface area contributed by atoms with Crippen molar-refractivity contribution >= 4 is 40.5 Å². The molecule has 2 fully saturated rings. The van der Waals surface area contributed by atoms with Crippen molar-refractivity contribution in [3.63, 3.8) is 0 Å². The van der Waals surface area contributed by atoms with Gasteiger partial charge in [0.2, 0.25) is 17.7 Å². The van der Waals surface area contributed by atoms with Crippen molar-refractivity contribution in [2.75, 3.05) is 67.7 Å². The molecule has 0 spiro atoms. The second-order valence-electron chi connectivity index (χ2n) is 19.9. The second kappa shape index (κ2) is 21.4. The van der Waals surface area contributed by atoms with Crippen LogP contribution in [0, 0.1) is 11.3 Å². The van der Waals surface area contributed by atoms with Gasteiger partial charge < -0.3 is 39.0 Å². The number of likely N-dealkylation sites (N-methyl/N-ethyl adjacent to an activating group) is 2. The zero-order valence-electron chi connectivity index (χ0n) is 41.8. The van der Waals surface area contributed by atoms with E-state index in [0.29, 0.717) is 56.6 Å². The Kier molecular flexibility index (Phi) is 15.8. The fourth-order valence-corrected chi connectivity index (χ4v) is 9.92. The summed E-state index contributed by atoms with van der Waals surface area (Å²) in [7, 11) is 6.37. The van der Waals surface area contributed by atoms with Crippen LogP contribution in [0.15, 0.2) is 54.7 Å². The largest absolute Gasteiger partial charge is 0.508 e. The molecule has 3 N–H and O–H groups in total. The summed E-state index contributed by atoms with van der Waals surface area (Å²) < 4.78 is 19.3. The average Bonchev–Trinajstić information content (AvgIpc) is 4.05. The number of pyridine rings is 1. The van der Waals surface area contributed by atoms with Crippen LogP contribution in [0.1, 0.15) is 77.3 Å². The number of benzene rings is 2. The number of aromatic nitrogens is 2. The van der Waals surface area contributed by atoms with Crippen molar-refractivity contribution in [2.24, 2.45) is 11.3 Å². The van der Waals surface area contributed by atoms with Gasteiger partial charge in [0, 0.05) is 89.0 Å². The quantitative estimate of drug-likeness (QED) is 0.117. The smallest absolute Gasteiger partial charge is 0.324 e. The Morgan fingerprint density at radius 3 is 2.54 bits per heavy atom. The van der Waals surface area contributed by atoms with E-state index in [1.165, 1.54) is 21.9 Å². The number of hydrogen-bond donors (Lipinski definition) is 3. The van der Waals surface area contributed by atoms with Crippen LogP contribution in [-0.2, 0) is 57.6 Å². The first-order valence-corrected chi connectivity index (χ1v) is 24.1. The zero-order valence-corrected chi connectivity index (χ0v) is 41.8. The molecule has 3 aliphatic rings. The number of cyclic esters (lactones) is 1. The molecule has 4 aromatic rings. The lowest BCUT2D eigenvalue weighted by Gasteiger charge is -2.37. The zero-order chi connectivity index (χ0) is 49.9. The molecule has 0 aliphatic carbocycles. The number of rotatable bonds is 14. The molecule has 0 radical (unpaired) electrons. The molecule has 2 aromatic carbocycles. The van der Waals surface area contributed by atoms with Gasteiger partial charge in [-0.25, -0.2) is 5.43 Å². The van der Waals surface area contributed by atoms with Gasteiger partial charge in [-0.3, -0.25) is 38.9 Å². The number of ether oxygens (including phenoxy) is 3. The molecule has 3 aliphatic heterocycles. The Morgan fingerprint density at radius 2 is 1.83 bits per heavy atom. The second-order valence-corrected chi connectivity index (χ2v) is 19.9. The van der Waals surface area contributed by atoms with E-state index in [1.807, 2.05) is 43.9 Å². The minimum absolute atomic E-state index is 0.0211. The molecule has 17 heteroatoms. The lowest BCUT2D eigenvalue weighted by atomic mass is 9.84. The summed E-state index contributed by atoms with van der Waals surface area (Å²) in [6, 6.07) is 12.1. The molecular weight excluding hydrogens is 881 g/mol. The van der Waals surface area contributed by atoms with Crippen LogP contribution in [-0.4, -0.2) is 156 Å². The number of aromatic hydroxyl groups is 1. The average molecular weight is 951 g/mol. The number of carbonyl (C=O) groups excluding carboxylic acids is 5. The van der Waals surface area contributed by atoms with E-state index in [9.17, 15) is 29.1 Å². The van der Waals surface area contributed by atoms with Gasteiger partial charge in [0.15, 0.2) is 0 Å². The number of phenolic OH excluding ortho intramolecular Hbond substituents is 1. The molecule has 69 heavy (non-hydrogen) atoms. The summed E-state index contributed by atoms with van der Waals surface area (Å²) in [6.07, 6.45) is 2.92. The third-order valence-electron chi connectivity index (χ3n) is 13.7. The Bertz CT molecular complexity index is 2560. The molecule has 1 unspecified atom stereocenters. The SMILES string of the molecule is CCn1c(-c2cccnc2[C@H](C)OC)c2c3cc(ccc31)-c1cc(O)cc(c1)C[C@H](NC(=O)[C@H](C(C)C)N(C)C(=O)CN(C)C(=O)[C@H]1CN1CCOC)C(=O)N1CCC[C@H](N1)C(=O)OCC(C)(C)C2. The normalized spacial score (nSPS) is 21.3. The van der Waals surface area contributed by atoms with Crippen molar-refractivity contribution in [3.05, 3.63) is 71.5 Å². The summed E-state index contributed by atoms with van der Waals surface area (Å²) in [6.45, 7) is 14.3. The lowest BCUT2D eigenvalue weighted by molar-refractivity contribution is -0.155. The van der Waals surface area contributed by atoms with E-state index in [1.54, 1.807) is 39.6 Å². The minimum Gasteiger partial charge on any atom is -0.508 e. The number of carbonyl (C=O) groups is 5. The van der Waals surface area contributed by atoms with E-state index >= 15 is 0 Å². The minimum atomic E-state index is -1.19. The van der Waals surface area contributed by atoms with Crippen LogP contribution in [0.3, 0.4) is 0 Å². The maximum absolute atomic E-state index is 14.7. The molecule has 7 rings (SSSR count). The van der Waals surface area contributed by atoms with Gasteiger partial charge in [-0.05, 0) is 97.7 Å². The van der Waals surface area contributed by atoms with Crippen LogP contribution in [0.5, 0.6) is 5.75 Å². The fourth-order valence-electron chi connectivity index (χ4n) is 9.92. The van der Waals surface area contributed by atoms with Gasteiger partial charge in [-0.2, -0.15) is 0 Å². The Balaban J connectivity index is 1.26. The monoisotopic (exact) mass is 951 g/mol. The fraction of sp³-hybridized carbons (Fsp3) is 0.538. The number of methoxy groups -OCH3 is 2. The van der Waals surface area contributed by atoms with Crippen molar-refractivity contribution < 1.29 is 43.3 Å². The Hall–Kier alpha value is -5.88. The number of nitrogens with zero attached hydrogens (tertiary/aromatic N) is 6. The van der Waals surface area contributed by atoms with Crippen molar-refractivity contribution in [3.8, 4) is 28.1 Å². The summed E-state index contributed by atoms with van der Waals surface area (Å²) in [5.74, 6) is -2.58. The molecule has 2 saturated heterocycles. The third kappa shape index (κ3) is 11.3. The number of hydrogen-bond acceptors (Lipinski definition) is 12. The number of phenols is 1. The van der Waals surface area contributed by atoms with Gasteiger partial charge in [-0.1, -0.05) is 39.8 Å². The number of nitrogens with one attached hydrogen (secondary N) is 2. The molecule has 17 nitrogen and oxygen atoms in total. The van der Waals surface area contributed by atoms with Crippen molar-refractivity contribution in [2.45, 2.75) is 104 Å². The standard InChI is InChI=1S/C52H70N8O9/c1-11-59-42-17-16-34-26-38(42)39(47(59)37-14-12-18-53-45(37)32(4)68-10)27-52(5,6)30-69-51(66)40-15-13-19-60(55-40)49(64)41(24-33-22-35(34)25-36(61)23-33)54-48(63)46(31(2)3)57(8)44(62)29-56(7)50(65)43-28-58(43)20-21-67-9/h12,14,16-18,22-23,25-26,31-32,40-41,43,46,55,61H,11,13,15,19-21,24,27-30H2,1-10H3,(H,54,63)/t32-,40-,41-,43+,46-,58?/m0/s1. The van der Waals surface area contributed by atoms with Crippen LogP contribution in [0.4, 0.5) is 0 Å². The number of aryl methyl sites for hydroxylation is 1. The Morgan fingerprint density at radius 1 is 1.06 bits per heavy atom. The van der Waals surface area contributed by atoms with Gasteiger partial charge in [-0.15, -0.1) is 0 Å². The highest BCUT2D eigenvalue weighted by Crippen LogP contribution is 2.42. The van der Waals surface area contributed by atoms with Gasteiger partial charge in [0.1, 0.15) is 29.9 Å². The van der Waals surface area contributed by atoms with E-state index in [2.05, 4.69) is 54.3 Å². The van der Waals surface area contributed by atoms with Crippen LogP contribution in [0.25, 0.3) is 33.3 Å². The van der Waals surface area contributed by atoms with Gasteiger partial charge in [0.05, 0.1) is 37.3 Å².